The second-order valence-electron chi connectivity index (χ2n) is 3.97. The summed E-state index contributed by atoms with van der Waals surface area (Å²) in [4.78, 5) is 0. The summed E-state index contributed by atoms with van der Waals surface area (Å²) in [6.07, 6.45) is 0.0410. The molecule has 1 atom stereocenters. The van der Waals surface area contributed by atoms with E-state index in [-0.39, 0.29) is 6.10 Å². The molecule has 88 valence electrons. The van der Waals surface area contributed by atoms with Crippen molar-refractivity contribution in [2.75, 3.05) is 5.88 Å². The van der Waals surface area contributed by atoms with Crippen molar-refractivity contribution in [3.05, 3.63) is 54.6 Å². The average Bonchev–Trinajstić information content (AvgIpc) is 2.40. The summed E-state index contributed by atoms with van der Waals surface area (Å²) in [6.45, 7) is 1.96. The van der Waals surface area contributed by atoms with Crippen molar-refractivity contribution < 1.29 is 4.74 Å². The number of hydrogen-bond acceptors (Lipinski definition) is 1. The highest BCUT2D eigenvalue weighted by Crippen LogP contribution is 2.22. The molecule has 0 aromatic heterocycles. The summed E-state index contributed by atoms with van der Waals surface area (Å²) in [5.74, 6) is 1.36. The standard InChI is InChI=1S/C15H15ClO/c1-12(11-16)17-15-9-7-14(8-10-15)13-5-3-2-4-6-13/h2-10,12H,11H2,1H3. The fraction of sp³-hybridized carbons (Fsp3) is 0.200. The van der Waals surface area contributed by atoms with Crippen LogP contribution in [0, 0.1) is 0 Å². The van der Waals surface area contributed by atoms with Gasteiger partial charge in [0.05, 0.1) is 5.88 Å². The van der Waals surface area contributed by atoms with Gasteiger partial charge in [-0.3, -0.25) is 0 Å². The van der Waals surface area contributed by atoms with Gasteiger partial charge in [-0.05, 0) is 30.2 Å². The maximum absolute atomic E-state index is 5.70. The van der Waals surface area contributed by atoms with Crippen LogP contribution in [0.4, 0.5) is 0 Å². The van der Waals surface area contributed by atoms with E-state index in [0.29, 0.717) is 5.88 Å². The lowest BCUT2D eigenvalue weighted by Crippen LogP contribution is -2.12. The van der Waals surface area contributed by atoms with E-state index in [1.54, 1.807) is 0 Å². The van der Waals surface area contributed by atoms with Crippen molar-refractivity contribution in [1.82, 2.24) is 0 Å². The second-order valence-corrected chi connectivity index (χ2v) is 4.28. The molecule has 17 heavy (non-hydrogen) atoms. The zero-order valence-electron chi connectivity index (χ0n) is 9.77. The van der Waals surface area contributed by atoms with Gasteiger partial charge in [-0.2, -0.15) is 0 Å². The van der Waals surface area contributed by atoms with Crippen LogP contribution in [0.1, 0.15) is 6.92 Å². The number of alkyl halides is 1. The molecule has 0 aliphatic carbocycles. The Kier molecular flexibility index (Phi) is 4.05. The minimum absolute atomic E-state index is 0.0410. The molecule has 2 aromatic carbocycles. The highest BCUT2D eigenvalue weighted by molar-refractivity contribution is 6.18. The normalized spacial score (nSPS) is 12.1. The smallest absolute Gasteiger partial charge is 0.119 e. The molecule has 0 saturated heterocycles. The highest BCUT2D eigenvalue weighted by atomic mass is 35.5. The molecular weight excluding hydrogens is 232 g/mol. The van der Waals surface area contributed by atoms with E-state index in [1.165, 1.54) is 11.1 Å². The van der Waals surface area contributed by atoms with E-state index in [4.69, 9.17) is 16.3 Å². The SMILES string of the molecule is CC(CCl)Oc1ccc(-c2ccccc2)cc1. The molecule has 0 saturated carbocycles. The molecule has 0 aliphatic heterocycles. The van der Waals surface area contributed by atoms with Crippen LogP contribution < -0.4 is 4.74 Å². The third-order valence-electron chi connectivity index (χ3n) is 2.52. The molecule has 0 fully saturated rings. The molecule has 2 aromatic rings. The summed E-state index contributed by atoms with van der Waals surface area (Å²) < 4.78 is 5.62. The van der Waals surface area contributed by atoms with Gasteiger partial charge in [-0.15, -0.1) is 11.6 Å². The van der Waals surface area contributed by atoms with Gasteiger partial charge in [0.2, 0.25) is 0 Å². The number of halogens is 1. The van der Waals surface area contributed by atoms with Crippen LogP contribution in [-0.4, -0.2) is 12.0 Å². The van der Waals surface area contributed by atoms with E-state index in [0.717, 1.165) is 5.75 Å². The molecule has 0 amide bonds. The number of rotatable bonds is 4. The summed E-state index contributed by atoms with van der Waals surface area (Å²) in [5.41, 5.74) is 2.40. The van der Waals surface area contributed by atoms with Crippen molar-refractivity contribution in [1.29, 1.82) is 0 Å². The lowest BCUT2D eigenvalue weighted by molar-refractivity contribution is 0.245. The molecule has 2 rings (SSSR count). The second kappa shape index (κ2) is 5.74. The zero-order chi connectivity index (χ0) is 12.1. The first-order valence-corrected chi connectivity index (χ1v) is 6.21. The average molecular weight is 247 g/mol. The Morgan fingerprint density at radius 2 is 1.53 bits per heavy atom. The lowest BCUT2D eigenvalue weighted by atomic mass is 10.1. The molecule has 0 radical (unpaired) electrons. The Bertz CT molecular complexity index is 450. The summed E-state index contributed by atoms with van der Waals surface area (Å²) >= 11 is 5.70. The van der Waals surface area contributed by atoms with Crippen molar-refractivity contribution in [3.63, 3.8) is 0 Å². The summed E-state index contributed by atoms with van der Waals surface area (Å²) in [5, 5.41) is 0. The Morgan fingerprint density at radius 3 is 2.12 bits per heavy atom. The Balaban J connectivity index is 2.13. The first-order valence-electron chi connectivity index (χ1n) is 5.67. The van der Waals surface area contributed by atoms with Gasteiger partial charge in [0.1, 0.15) is 11.9 Å². The van der Waals surface area contributed by atoms with E-state index in [2.05, 4.69) is 24.3 Å². The van der Waals surface area contributed by atoms with Gasteiger partial charge in [0.15, 0.2) is 0 Å². The van der Waals surface area contributed by atoms with Gasteiger partial charge in [0.25, 0.3) is 0 Å². The van der Waals surface area contributed by atoms with Crippen LogP contribution in [0.3, 0.4) is 0 Å². The minimum Gasteiger partial charge on any atom is -0.489 e. The predicted octanol–water partition coefficient (Wildman–Crippen LogP) is 4.36. The molecule has 0 aliphatic rings. The maximum Gasteiger partial charge on any atom is 0.119 e. The molecule has 1 nitrogen and oxygen atoms in total. The van der Waals surface area contributed by atoms with Crippen LogP contribution in [0.25, 0.3) is 11.1 Å². The van der Waals surface area contributed by atoms with E-state index in [9.17, 15) is 0 Å². The molecule has 0 bridgehead atoms. The fourth-order valence-corrected chi connectivity index (χ4v) is 1.68. The predicted molar refractivity (Wildman–Crippen MR) is 72.7 cm³/mol. The topological polar surface area (TPSA) is 9.23 Å². The van der Waals surface area contributed by atoms with Crippen LogP contribution >= 0.6 is 11.6 Å². The summed E-state index contributed by atoms with van der Waals surface area (Å²) in [7, 11) is 0. The van der Waals surface area contributed by atoms with E-state index >= 15 is 0 Å². The van der Waals surface area contributed by atoms with Crippen LogP contribution in [0.5, 0.6) is 5.75 Å². The minimum atomic E-state index is 0.0410. The lowest BCUT2D eigenvalue weighted by Gasteiger charge is -2.12. The van der Waals surface area contributed by atoms with Gasteiger partial charge < -0.3 is 4.74 Å². The molecule has 2 heteroatoms. The molecule has 0 heterocycles. The third kappa shape index (κ3) is 3.24. The fourth-order valence-electron chi connectivity index (χ4n) is 1.62. The van der Waals surface area contributed by atoms with E-state index in [1.807, 2.05) is 37.3 Å². The Hall–Kier alpha value is -1.47. The third-order valence-corrected chi connectivity index (χ3v) is 2.95. The van der Waals surface area contributed by atoms with Crippen LogP contribution in [0.15, 0.2) is 54.6 Å². The van der Waals surface area contributed by atoms with Crippen LogP contribution in [0.2, 0.25) is 0 Å². The number of ether oxygens (including phenoxy) is 1. The largest absolute Gasteiger partial charge is 0.489 e. The highest BCUT2D eigenvalue weighted by Gasteiger charge is 2.02. The number of hydrogen-bond donors (Lipinski definition) is 0. The molecular formula is C15H15ClO. The molecule has 0 spiro atoms. The monoisotopic (exact) mass is 246 g/mol. The summed E-state index contributed by atoms with van der Waals surface area (Å²) in [6, 6.07) is 18.4. The Morgan fingerprint density at radius 1 is 0.941 bits per heavy atom. The number of benzene rings is 2. The van der Waals surface area contributed by atoms with Gasteiger partial charge >= 0.3 is 0 Å². The van der Waals surface area contributed by atoms with E-state index < -0.39 is 0 Å². The van der Waals surface area contributed by atoms with Gasteiger partial charge in [-0.25, -0.2) is 0 Å². The molecule has 0 N–H and O–H groups in total. The zero-order valence-corrected chi connectivity index (χ0v) is 10.5. The first-order chi connectivity index (χ1) is 8.29. The van der Waals surface area contributed by atoms with Crippen molar-refractivity contribution in [3.8, 4) is 16.9 Å². The quantitative estimate of drug-likeness (QED) is 0.729. The van der Waals surface area contributed by atoms with Crippen molar-refractivity contribution in [2.45, 2.75) is 13.0 Å². The van der Waals surface area contributed by atoms with Crippen LogP contribution in [-0.2, 0) is 0 Å². The Labute approximate surface area is 107 Å². The maximum atomic E-state index is 5.70. The molecule has 1 unspecified atom stereocenters. The first kappa shape index (κ1) is 12.0. The van der Waals surface area contributed by atoms with Gasteiger partial charge in [-0.1, -0.05) is 42.5 Å². The van der Waals surface area contributed by atoms with Gasteiger partial charge in [0, 0.05) is 0 Å². The van der Waals surface area contributed by atoms with Crippen molar-refractivity contribution >= 4 is 11.6 Å². The van der Waals surface area contributed by atoms with Crippen molar-refractivity contribution in [2.24, 2.45) is 0 Å².